The third kappa shape index (κ3) is 1.94. The summed E-state index contributed by atoms with van der Waals surface area (Å²) in [5.41, 5.74) is 3.72. The highest BCUT2D eigenvalue weighted by atomic mass is 16.5. The molecule has 5 rings (SSSR count). The second kappa shape index (κ2) is 5.13. The smallest absolute Gasteiger partial charge is 0.182 e. The van der Waals surface area contributed by atoms with Crippen LogP contribution < -0.4 is 10.2 Å². The maximum Gasteiger partial charge on any atom is 0.182 e. The molecule has 7 nitrogen and oxygen atoms in total. The molecular formula is C19H13N3O4. The molecule has 0 saturated carbocycles. The van der Waals surface area contributed by atoms with E-state index in [1.807, 2.05) is 6.07 Å². The number of fused-ring (bicyclic) bond motifs is 4. The summed E-state index contributed by atoms with van der Waals surface area (Å²) >= 11 is 0. The number of ether oxygens (including phenoxy) is 1. The minimum atomic E-state index is -0.126. The van der Waals surface area contributed by atoms with Crippen LogP contribution in [0.1, 0.15) is 0 Å². The molecule has 3 heterocycles. The van der Waals surface area contributed by atoms with E-state index in [0.717, 1.165) is 21.9 Å². The first-order chi connectivity index (χ1) is 12.7. The van der Waals surface area contributed by atoms with E-state index in [4.69, 9.17) is 9.15 Å². The number of rotatable bonds is 2. The largest absolute Gasteiger partial charge is 0.504 e. The van der Waals surface area contributed by atoms with Gasteiger partial charge in [0.1, 0.15) is 11.1 Å². The Balaban J connectivity index is 1.95. The molecule has 0 spiro atoms. The lowest BCUT2D eigenvalue weighted by atomic mass is 10.0. The maximum absolute atomic E-state index is 11.7. The topological polar surface area (TPSA) is 104 Å². The SMILES string of the molecule is COc1ccc(-c2c3c[nH][nH]c3nc3c2oc2cc(=O)ccc23)cc1O. The Morgan fingerprint density at radius 1 is 1.15 bits per heavy atom. The molecule has 0 unspecified atom stereocenters. The van der Waals surface area contributed by atoms with Crippen molar-refractivity contribution in [2.75, 3.05) is 7.11 Å². The van der Waals surface area contributed by atoms with Gasteiger partial charge in [0.25, 0.3) is 0 Å². The Hall–Kier alpha value is -3.74. The number of furan rings is 1. The van der Waals surface area contributed by atoms with Crippen molar-refractivity contribution in [3.63, 3.8) is 0 Å². The summed E-state index contributed by atoms with van der Waals surface area (Å²) in [5, 5.41) is 17.7. The van der Waals surface area contributed by atoms with E-state index in [-0.39, 0.29) is 11.2 Å². The molecule has 3 aromatic heterocycles. The van der Waals surface area contributed by atoms with Crippen LogP contribution in [-0.4, -0.2) is 27.4 Å². The van der Waals surface area contributed by atoms with Gasteiger partial charge in [0.05, 0.1) is 7.11 Å². The van der Waals surface area contributed by atoms with Crippen molar-refractivity contribution >= 4 is 33.1 Å². The molecule has 26 heavy (non-hydrogen) atoms. The molecule has 2 aromatic carbocycles. The van der Waals surface area contributed by atoms with Crippen molar-refractivity contribution in [1.82, 2.24) is 15.2 Å². The number of hydrogen-bond acceptors (Lipinski definition) is 5. The molecule has 3 N–H and O–H groups in total. The molecule has 0 aliphatic rings. The lowest BCUT2D eigenvalue weighted by Gasteiger charge is -2.08. The van der Waals surface area contributed by atoms with Gasteiger partial charge in [-0.1, -0.05) is 6.07 Å². The molecule has 0 amide bonds. The maximum atomic E-state index is 11.7. The van der Waals surface area contributed by atoms with Gasteiger partial charge in [-0.15, -0.1) is 0 Å². The minimum absolute atomic E-state index is 0.0283. The first-order valence-electron chi connectivity index (χ1n) is 7.95. The Morgan fingerprint density at radius 2 is 2.04 bits per heavy atom. The number of nitrogens with zero attached hydrogens (tertiary/aromatic N) is 1. The predicted molar refractivity (Wildman–Crippen MR) is 97.6 cm³/mol. The van der Waals surface area contributed by atoms with Crippen LogP contribution >= 0.6 is 0 Å². The second-order valence-electron chi connectivity index (χ2n) is 5.99. The van der Waals surface area contributed by atoms with Crippen LogP contribution in [0.4, 0.5) is 0 Å². The molecule has 0 radical (unpaired) electrons. The fourth-order valence-electron chi connectivity index (χ4n) is 3.30. The zero-order valence-electron chi connectivity index (χ0n) is 13.7. The minimum Gasteiger partial charge on any atom is -0.504 e. The molecule has 7 heteroatoms. The van der Waals surface area contributed by atoms with E-state index in [0.29, 0.717) is 28.1 Å². The summed E-state index contributed by atoms with van der Waals surface area (Å²) in [7, 11) is 1.50. The fraction of sp³-hybridized carbons (Fsp3) is 0.0526. The molecule has 0 aliphatic carbocycles. The van der Waals surface area contributed by atoms with Crippen LogP contribution in [0.3, 0.4) is 0 Å². The molecule has 0 saturated heterocycles. The normalized spacial score (nSPS) is 11.6. The lowest BCUT2D eigenvalue weighted by Crippen LogP contribution is -1.92. The van der Waals surface area contributed by atoms with Crippen LogP contribution in [0.15, 0.2) is 51.8 Å². The van der Waals surface area contributed by atoms with Gasteiger partial charge in [0.15, 0.2) is 28.2 Å². The quantitative estimate of drug-likeness (QED) is 0.453. The summed E-state index contributed by atoms with van der Waals surface area (Å²) in [6.07, 6.45) is 1.78. The average Bonchev–Trinajstić information content (AvgIpc) is 3.23. The first-order valence-corrected chi connectivity index (χ1v) is 7.95. The number of aromatic amines is 2. The standard InChI is InChI=1S/C19H13N3O4/c1-25-14-5-2-9(6-13(14)24)16-12-8-20-22-19(12)21-17-11-4-3-10(23)7-15(11)26-18(16)17/h2-8,24H,1H3,(H2,20,21,22). The number of nitrogens with one attached hydrogen (secondary N) is 2. The Bertz CT molecular complexity index is 1360. The highest BCUT2D eigenvalue weighted by Crippen LogP contribution is 2.40. The Labute approximate surface area is 145 Å². The summed E-state index contributed by atoms with van der Waals surface area (Å²) in [5.74, 6) is 0.414. The molecular weight excluding hydrogens is 334 g/mol. The lowest BCUT2D eigenvalue weighted by molar-refractivity contribution is 0.373. The molecule has 0 fully saturated rings. The molecule has 0 bridgehead atoms. The molecule has 0 aliphatic heterocycles. The highest BCUT2D eigenvalue weighted by Gasteiger charge is 2.19. The summed E-state index contributed by atoms with van der Waals surface area (Å²) in [6, 6.07) is 9.80. The molecule has 0 atom stereocenters. The number of benzene rings is 2. The number of aromatic nitrogens is 3. The third-order valence-electron chi connectivity index (χ3n) is 4.49. The van der Waals surface area contributed by atoms with Gasteiger partial charge in [-0.05, 0) is 29.8 Å². The number of hydrogen-bond donors (Lipinski definition) is 3. The second-order valence-corrected chi connectivity index (χ2v) is 5.99. The van der Waals surface area contributed by atoms with Crippen molar-refractivity contribution in [3.8, 4) is 22.6 Å². The van der Waals surface area contributed by atoms with Crippen molar-refractivity contribution in [1.29, 1.82) is 0 Å². The number of methoxy groups -OCH3 is 1. The third-order valence-corrected chi connectivity index (χ3v) is 4.49. The average molecular weight is 347 g/mol. The number of pyridine rings is 1. The van der Waals surface area contributed by atoms with Gasteiger partial charge in [0.2, 0.25) is 0 Å². The zero-order chi connectivity index (χ0) is 17.8. The zero-order valence-corrected chi connectivity index (χ0v) is 13.7. The van der Waals surface area contributed by atoms with Crippen molar-refractivity contribution < 1.29 is 14.3 Å². The van der Waals surface area contributed by atoms with Gasteiger partial charge < -0.3 is 19.4 Å². The van der Waals surface area contributed by atoms with E-state index in [9.17, 15) is 9.90 Å². The van der Waals surface area contributed by atoms with Gasteiger partial charge in [-0.3, -0.25) is 9.89 Å². The number of aromatic hydroxyl groups is 1. The summed E-state index contributed by atoms with van der Waals surface area (Å²) in [6.45, 7) is 0. The van der Waals surface area contributed by atoms with Crippen LogP contribution in [0.25, 0.3) is 44.2 Å². The van der Waals surface area contributed by atoms with E-state index in [2.05, 4.69) is 15.2 Å². The van der Waals surface area contributed by atoms with Crippen LogP contribution in [0.5, 0.6) is 11.5 Å². The predicted octanol–water partition coefficient (Wildman–Crippen LogP) is 3.53. The van der Waals surface area contributed by atoms with Crippen LogP contribution in [-0.2, 0) is 0 Å². The number of phenols is 1. The summed E-state index contributed by atoms with van der Waals surface area (Å²) in [4.78, 5) is 16.3. The first kappa shape index (κ1) is 14.6. The number of phenolic OH excluding ortho intramolecular Hbond substituents is 1. The van der Waals surface area contributed by atoms with E-state index in [1.54, 1.807) is 24.4 Å². The Morgan fingerprint density at radius 3 is 2.85 bits per heavy atom. The van der Waals surface area contributed by atoms with E-state index in [1.165, 1.54) is 19.2 Å². The van der Waals surface area contributed by atoms with Crippen molar-refractivity contribution in [2.24, 2.45) is 0 Å². The molecule has 5 aromatic rings. The summed E-state index contributed by atoms with van der Waals surface area (Å²) < 4.78 is 11.1. The van der Waals surface area contributed by atoms with Crippen LogP contribution in [0, 0.1) is 0 Å². The highest BCUT2D eigenvalue weighted by molar-refractivity contribution is 6.14. The molecule has 128 valence electrons. The van der Waals surface area contributed by atoms with E-state index < -0.39 is 0 Å². The Kier molecular flexibility index (Phi) is 2.88. The number of H-pyrrole nitrogens is 2. The fourth-order valence-corrected chi connectivity index (χ4v) is 3.30. The van der Waals surface area contributed by atoms with Gasteiger partial charge in [0, 0.05) is 28.6 Å². The van der Waals surface area contributed by atoms with E-state index >= 15 is 0 Å². The van der Waals surface area contributed by atoms with Gasteiger partial charge >= 0.3 is 0 Å². The van der Waals surface area contributed by atoms with Gasteiger partial charge in [-0.25, -0.2) is 4.98 Å². The van der Waals surface area contributed by atoms with Crippen molar-refractivity contribution in [2.45, 2.75) is 0 Å². The monoisotopic (exact) mass is 347 g/mol. The van der Waals surface area contributed by atoms with Crippen molar-refractivity contribution in [3.05, 3.63) is 52.8 Å². The van der Waals surface area contributed by atoms with Gasteiger partial charge in [-0.2, -0.15) is 0 Å². The van der Waals surface area contributed by atoms with Crippen LogP contribution in [0.2, 0.25) is 0 Å².